The molecule has 0 amide bonds. The maximum Gasteiger partial charge on any atom is 0.408 e. The number of rotatable bonds is 8. The zero-order valence-electron chi connectivity index (χ0n) is 15.3. The lowest BCUT2D eigenvalue weighted by Gasteiger charge is -2.23. The molecule has 6 nitrogen and oxygen atoms in total. The van der Waals surface area contributed by atoms with Crippen LogP contribution in [0.3, 0.4) is 0 Å². The molecule has 1 N–H and O–H groups in total. The Bertz CT molecular complexity index is 831. The molecule has 1 saturated carbocycles. The first-order valence-corrected chi connectivity index (χ1v) is 8.91. The average Bonchev–Trinajstić information content (AvgIpc) is 3.34. The summed E-state index contributed by atoms with van der Waals surface area (Å²) in [4.78, 5) is 12.0. The number of ether oxygens (including phenoxy) is 2. The van der Waals surface area contributed by atoms with Gasteiger partial charge in [0.2, 0.25) is 0 Å². The molecule has 1 aliphatic rings. The molecule has 1 atom stereocenters. The number of carbonyl (C=O) groups excluding carboxylic acids is 1. The topological polar surface area (TPSA) is 73.6 Å². The number of hydrogen-bond donors (Lipinski definition) is 1. The molecule has 0 bridgehead atoms. The van der Waals surface area contributed by atoms with Crippen molar-refractivity contribution >= 4 is 5.97 Å². The largest absolute Gasteiger partial charge is 0.487 e. The lowest BCUT2D eigenvalue weighted by atomic mass is 9.89. The molecule has 1 heterocycles. The molecule has 1 fully saturated rings. The predicted molar refractivity (Wildman–Crippen MR) is 92.6 cm³/mol. The minimum Gasteiger partial charge on any atom is -0.487 e. The van der Waals surface area contributed by atoms with Crippen molar-refractivity contribution in [1.29, 1.82) is 0 Å². The van der Waals surface area contributed by atoms with Gasteiger partial charge in [-0.1, -0.05) is 18.2 Å². The van der Waals surface area contributed by atoms with Gasteiger partial charge < -0.3 is 14.6 Å². The fourth-order valence-corrected chi connectivity index (χ4v) is 3.22. The molecular weight excluding hydrogens is 377 g/mol. The van der Waals surface area contributed by atoms with Gasteiger partial charge in [0, 0.05) is 17.2 Å². The SMILES string of the molecule is CCOC(=O)C(O)C1(c2ccccc2OCc2ccnn2CC(F)(F)F)CC1. The Morgan fingerprint density at radius 2 is 2.04 bits per heavy atom. The molecule has 3 rings (SSSR count). The van der Waals surface area contributed by atoms with E-state index in [0.29, 0.717) is 24.2 Å². The first-order valence-electron chi connectivity index (χ1n) is 8.91. The molecule has 1 unspecified atom stereocenters. The number of hydrogen-bond acceptors (Lipinski definition) is 5. The first kappa shape index (κ1) is 20.2. The summed E-state index contributed by atoms with van der Waals surface area (Å²) in [7, 11) is 0. The number of aliphatic hydroxyl groups is 1. The van der Waals surface area contributed by atoms with Gasteiger partial charge in [-0.15, -0.1) is 0 Å². The number of nitrogens with zero attached hydrogens (tertiary/aromatic N) is 2. The fourth-order valence-electron chi connectivity index (χ4n) is 3.22. The van der Waals surface area contributed by atoms with Gasteiger partial charge >= 0.3 is 12.1 Å². The number of esters is 1. The monoisotopic (exact) mass is 398 g/mol. The Morgan fingerprint density at radius 1 is 1.32 bits per heavy atom. The van der Waals surface area contributed by atoms with Crippen LogP contribution in [0.5, 0.6) is 5.75 Å². The van der Waals surface area contributed by atoms with Crippen molar-refractivity contribution in [2.45, 2.75) is 50.6 Å². The maximum atomic E-state index is 12.6. The lowest BCUT2D eigenvalue weighted by Crippen LogP contribution is -2.35. The molecule has 2 aromatic rings. The Hall–Kier alpha value is -2.55. The van der Waals surface area contributed by atoms with E-state index in [1.807, 2.05) is 0 Å². The summed E-state index contributed by atoms with van der Waals surface area (Å²) < 4.78 is 49.5. The number of benzene rings is 1. The van der Waals surface area contributed by atoms with Crippen molar-refractivity contribution in [3.63, 3.8) is 0 Å². The summed E-state index contributed by atoms with van der Waals surface area (Å²) in [5, 5.41) is 14.2. The Kier molecular flexibility index (Phi) is 5.64. The normalized spacial score (nSPS) is 16.5. The van der Waals surface area contributed by atoms with Gasteiger partial charge in [-0.2, -0.15) is 18.3 Å². The highest BCUT2D eigenvalue weighted by molar-refractivity contribution is 5.78. The van der Waals surface area contributed by atoms with E-state index >= 15 is 0 Å². The molecule has 1 aromatic heterocycles. The standard InChI is InChI=1S/C19H21F3N2O4/c1-2-27-17(26)16(25)18(8-9-18)14-5-3-4-6-15(14)28-11-13-7-10-23-24(13)12-19(20,21)22/h3-7,10,16,25H,2,8-9,11-12H2,1H3. The second kappa shape index (κ2) is 7.83. The zero-order chi connectivity index (χ0) is 20.4. The molecule has 0 spiro atoms. The van der Waals surface area contributed by atoms with Crippen molar-refractivity contribution in [2.24, 2.45) is 0 Å². The van der Waals surface area contributed by atoms with Crippen LogP contribution in [0.15, 0.2) is 36.5 Å². The Balaban J connectivity index is 1.77. The number of aliphatic hydroxyl groups excluding tert-OH is 1. The van der Waals surface area contributed by atoms with Crippen molar-refractivity contribution in [2.75, 3.05) is 6.61 Å². The summed E-state index contributed by atoms with van der Waals surface area (Å²) in [5.74, 6) is -0.291. The van der Waals surface area contributed by atoms with Gasteiger partial charge in [0.05, 0.1) is 12.3 Å². The second-order valence-corrected chi connectivity index (χ2v) is 6.69. The molecule has 0 saturated heterocycles. The highest BCUT2D eigenvalue weighted by Crippen LogP contribution is 2.54. The van der Waals surface area contributed by atoms with Crippen LogP contribution in [0.2, 0.25) is 0 Å². The molecule has 9 heteroatoms. The van der Waals surface area contributed by atoms with Gasteiger partial charge in [0.1, 0.15) is 18.9 Å². The minimum absolute atomic E-state index is 0.126. The fraction of sp³-hybridized carbons (Fsp3) is 0.474. The number of alkyl halides is 3. The van der Waals surface area contributed by atoms with Gasteiger partial charge in [-0.05, 0) is 31.9 Å². The molecule has 1 aromatic carbocycles. The highest BCUT2D eigenvalue weighted by atomic mass is 19.4. The maximum absolute atomic E-state index is 12.6. The van der Waals surface area contributed by atoms with Crippen LogP contribution < -0.4 is 4.74 Å². The van der Waals surface area contributed by atoms with E-state index in [1.54, 1.807) is 31.2 Å². The van der Waals surface area contributed by atoms with Crippen molar-refractivity contribution < 1.29 is 32.5 Å². The van der Waals surface area contributed by atoms with Crippen LogP contribution in [0.25, 0.3) is 0 Å². The van der Waals surface area contributed by atoms with E-state index in [0.717, 1.165) is 4.68 Å². The number of halogens is 3. The number of carbonyl (C=O) groups is 1. The molecule has 0 aliphatic heterocycles. The summed E-state index contributed by atoms with van der Waals surface area (Å²) in [6.45, 7) is 0.489. The van der Waals surface area contributed by atoms with Crippen LogP contribution in [0.1, 0.15) is 31.0 Å². The first-order chi connectivity index (χ1) is 13.3. The molecule has 152 valence electrons. The van der Waals surface area contributed by atoms with E-state index in [9.17, 15) is 23.1 Å². The molecule has 28 heavy (non-hydrogen) atoms. The number of aromatic nitrogens is 2. The third kappa shape index (κ3) is 4.30. The Labute approximate surface area is 159 Å². The lowest BCUT2D eigenvalue weighted by molar-refractivity contribution is -0.155. The third-order valence-corrected chi connectivity index (χ3v) is 4.75. The predicted octanol–water partition coefficient (Wildman–Crippen LogP) is 2.98. The van der Waals surface area contributed by atoms with E-state index in [1.165, 1.54) is 12.3 Å². The van der Waals surface area contributed by atoms with E-state index in [2.05, 4.69) is 5.10 Å². The third-order valence-electron chi connectivity index (χ3n) is 4.75. The van der Waals surface area contributed by atoms with Crippen LogP contribution in [-0.4, -0.2) is 39.7 Å². The molecular formula is C19H21F3N2O4. The smallest absolute Gasteiger partial charge is 0.408 e. The van der Waals surface area contributed by atoms with E-state index in [4.69, 9.17) is 9.47 Å². The van der Waals surface area contributed by atoms with Crippen molar-refractivity contribution in [3.05, 3.63) is 47.8 Å². The van der Waals surface area contributed by atoms with Crippen molar-refractivity contribution in [1.82, 2.24) is 9.78 Å². The van der Waals surface area contributed by atoms with Gasteiger partial charge in [0.15, 0.2) is 6.10 Å². The Morgan fingerprint density at radius 3 is 2.68 bits per heavy atom. The van der Waals surface area contributed by atoms with Gasteiger partial charge in [-0.25, -0.2) is 4.79 Å². The van der Waals surface area contributed by atoms with E-state index < -0.39 is 30.2 Å². The molecule has 0 radical (unpaired) electrons. The van der Waals surface area contributed by atoms with Crippen LogP contribution in [0.4, 0.5) is 13.2 Å². The summed E-state index contributed by atoms with van der Waals surface area (Å²) >= 11 is 0. The summed E-state index contributed by atoms with van der Waals surface area (Å²) in [5.41, 5.74) is 0.107. The van der Waals surface area contributed by atoms with Gasteiger partial charge in [-0.3, -0.25) is 4.68 Å². The average molecular weight is 398 g/mol. The summed E-state index contributed by atoms with van der Waals surface area (Å²) in [6, 6.07) is 8.34. The minimum atomic E-state index is -4.39. The second-order valence-electron chi connectivity index (χ2n) is 6.69. The summed E-state index contributed by atoms with van der Waals surface area (Å²) in [6.07, 6.45) is -3.27. The highest BCUT2D eigenvalue weighted by Gasteiger charge is 2.55. The van der Waals surface area contributed by atoms with Gasteiger partial charge in [0.25, 0.3) is 0 Å². The van der Waals surface area contributed by atoms with Crippen molar-refractivity contribution in [3.8, 4) is 5.75 Å². The van der Waals surface area contributed by atoms with Crippen LogP contribution in [0, 0.1) is 0 Å². The molecule has 1 aliphatic carbocycles. The zero-order valence-corrected chi connectivity index (χ0v) is 15.3. The van der Waals surface area contributed by atoms with Crippen LogP contribution in [-0.2, 0) is 28.1 Å². The quantitative estimate of drug-likeness (QED) is 0.692. The number of para-hydroxylation sites is 1. The van der Waals surface area contributed by atoms with E-state index in [-0.39, 0.29) is 18.9 Å². The van der Waals surface area contributed by atoms with Crippen LogP contribution >= 0.6 is 0 Å².